The van der Waals surface area contributed by atoms with Crippen molar-refractivity contribution in [1.82, 2.24) is 5.43 Å². The molecule has 1 aromatic carbocycles. The van der Waals surface area contributed by atoms with Gasteiger partial charge in [-0.1, -0.05) is 6.07 Å². The topological polar surface area (TPSA) is 107 Å². The van der Waals surface area contributed by atoms with Gasteiger partial charge in [-0.2, -0.15) is 5.10 Å². The summed E-state index contributed by atoms with van der Waals surface area (Å²) >= 11 is 6.42. The van der Waals surface area contributed by atoms with Crippen molar-refractivity contribution in [3.8, 4) is 5.75 Å². The number of halogens is 2. The Morgan fingerprint density at radius 3 is 2.83 bits per heavy atom. The lowest BCUT2D eigenvalue weighted by Crippen LogP contribution is -2.24. The van der Waals surface area contributed by atoms with Gasteiger partial charge in [0, 0.05) is 12.1 Å². The van der Waals surface area contributed by atoms with Gasteiger partial charge >= 0.3 is 5.69 Å². The molecule has 0 spiro atoms. The Kier molecular flexibility index (Phi) is 6.10. The maximum absolute atomic E-state index is 11.7. The Bertz CT molecular complexity index is 784. The minimum atomic E-state index is -0.564. The normalized spacial score (nSPS) is 10.8. The minimum absolute atomic E-state index is 0.0172. The molecule has 0 saturated carbocycles. The average molecular weight is 461 g/mol. The van der Waals surface area contributed by atoms with E-state index in [2.05, 4.69) is 42.4 Å². The summed E-state index contributed by atoms with van der Waals surface area (Å²) < 4.78 is 11.6. The highest BCUT2D eigenvalue weighted by molar-refractivity contribution is 9.13. The molecule has 10 heteroatoms. The Morgan fingerprint density at radius 2 is 2.21 bits per heavy atom. The smallest absolute Gasteiger partial charge is 0.311 e. The molecule has 126 valence electrons. The number of ether oxygens (including phenoxy) is 1. The van der Waals surface area contributed by atoms with E-state index in [9.17, 15) is 14.9 Å². The second-order valence-corrected chi connectivity index (χ2v) is 6.16. The number of carbonyl (C=O) groups excluding carboxylic acids is 1. The van der Waals surface area contributed by atoms with Gasteiger partial charge in [-0.05, 0) is 50.4 Å². The SMILES string of the molecule is Cc1ccc(OCC(=O)NN=Cc2cc(Br)c(Br)o2)c([N+](=O)[O-])c1. The lowest BCUT2D eigenvalue weighted by molar-refractivity contribution is -0.385. The van der Waals surface area contributed by atoms with Crippen LogP contribution in [0.25, 0.3) is 0 Å². The van der Waals surface area contributed by atoms with Gasteiger partial charge in [0.2, 0.25) is 0 Å². The Morgan fingerprint density at radius 1 is 1.46 bits per heavy atom. The van der Waals surface area contributed by atoms with E-state index in [1.807, 2.05) is 0 Å². The van der Waals surface area contributed by atoms with Crippen LogP contribution in [0.2, 0.25) is 0 Å². The first kappa shape index (κ1) is 18.1. The molecule has 2 rings (SSSR count). The van der Waals surface area contributed by atoms with Gasteiger partial charge in [-0.25, -0.2) is 5.43 Å². The molecule has 2 aromatic rings. The number of nitro benzene ring substituents is 1. The largest absolute Gasteiger partial charge is 0.477 e. The number of aryl methyl sites for hydroxylation is 1. The van der Waals surface area contributed by atoms with E-state index in [4.69, 9.17) is 9.15 Å². The number of furan rings is 1. The van der Waals surface area contributed by atoms with Crippen LogP contribution >= 0.6 is 31.9 Å². The molecule has 0 aliphatic rings. The van der Waals surface area contributed by atoms with Crippen LogP contribution < -0.4 is 10.2 Å². The third-order valence-electron chi connectivity index (χ3n) is 2.72. The minimum Gasteiger partial charge on any atom is -0.477 e. The molecule has 1 amide bonds. The number of hydrogen-bond donors (Lipinski definition) is 1. The van der Waals surface area contributed by atoms with Crippen molar-refractivity contribution >= 4 is 49.7 Å². The van der Waals surface area contributed by atoms with Crippen LogP contribution in [-0.2, 0) is 4.79 Å². The molecule has 0 aliphatic heterocycles. The van der Waals surface area contributed by atoms with Crippen molar-refractivity contribution in [3.05, 3.63) is 54.8 Å². The maximum Gasteiger partial charge on any atom is 0.311 e. The number of nitrogens with one attached hydrogen (secondary N) is 1. The number of amides is 1. The summed E-state index contributed by atoms with van der Waals surface area (Å²) in [5.41, 5.74) is 2.76. The van der Waals surface area contributed by atoms with Gasteiger partial charge in [0.25, 0.3) is 5.91 Å². The zero-order valence-electron chi connectivity index (χ0n) is 12.3. The van der Waals surface area contributed by atoms with E-state index >= 15 is 0 Å². The second kappa shape index (κ2) is 8.06. The average Bonchev–Trinajstić information content (AvgIpc) is 2.84. The van der Waals surface area contributed by atoms with E-state index in [0.717, 1.165) is 5.56 Å². The zero-order valence-corrected chi connectivity index (χ0v) is 15.5. The Hall–Kier alpha value is -2.20. The van der Waals surface area contributed by atoms with Gasteiger partial charge in [0.05, 0.1) is 15.6 Å². The van der Waals surface area contributed by atoms with Crippen molar-refractivity contribution in [3.63, 3.8) is 0 Å². The van der Waals surface area contributed by atoms with Gasteiger partial charge in [-0.3, -0.25) is 14.9 Å². The number of nitro groups is 1. The molecular formula is C14H11Br2N3O5. The monoisotopic (exact) mass is 459 g/mol. The summed E-state index contributed by atoms with van der Waals surface area (Å²) in [5.74, 6) is -0.126. The molecule has 24 heavy (non-hydrogen) atoms. The van der Waals surface area contributed by atoms with Crippen LogP contribution in [0.4, 0.5) is 5.69 Å². The molecule has 0 aliphatic carbocycles. The molecule has 0 atom stereocenters. The van der Waals surface area contributed by atoms with Gasteiger partial charge in [0.1, 0.15) is 5.76 Å². The number of rotatable bonds is 6. The summed E-state index contributed by atoms with van der Waals surface area (Å²) in [7, 11) is 0. The molecule has 0 bridgehead atoms. The molecule has 0 fully saturated rings. The standard InChI is InChI=1S/C14H11Br2N3O5/c1-8-2-3-12(11(4-8)19(21)22)23-7-13(20)18-17-6-9-5-10(15)14(16)24-9/h2-6H,7H2,1H3,(H,18,20). The molecular weight excluding hydrogens is 450 g/mol. The molecule has 0 radical (unpaired) electrons. The van der Waals surface area contributed by atoms with Crippen LogP contribution in [0.15, 0.2) is 42.9 Å². The Labute approximate surface area is 153 Å². The summed E-state index contributed by atoms with van der Waals surface area (Å²) in [6.45, 7) is 1.32. The van der Waals surface area contributed by atoms with E-state index < -0.39 is 17.4 Å². The fraction of sp³-hybridized carbons (Fsp3) is 0.143. The van der Waals surface area contributed by atoms with Crippen molar-refractivity contribution in [2.24, 2.45) is 5.10 Å². The number of carbonyl (C=O) groups is 1. The van der Waals surface area contributed by atoms with E-state index in [1.165, 1.54) is 18.3 Å². The summed E-state index contributed by atoms with van der Waals surface area (Å²) in [6.07, 6.45) is 1.31. The first-order valence-corrected chi connectivity index (χ1v) is 8.10. The fourth-order valence-electron chi connectivity index (χ4n) is 1.66. The first-order chi connectivity index (χ1) is 11.4. The molecule has 1 heterocycles. The van der Waals surface area contributed by atoms with E-state index in [0.29, 0.717) is 14.9 Å². The lowest BCUT2D eigenvalue weighted by Gasteiger charge is -2.06. The van der Waals surface area contributed by atoms with Crippen LogP contribution in [-0.4, -0.2) is 23.7 Å². The highest BCUT2D eigenvalue weighted by Gasteiger charge is 2.16. The molecule has 0 saturated heterocycles. The van der Waals surface area contributed by atoms with E-state index in [1.54, 1.807) is 19.1 Å². The summed E-state index contributed by atoms with van der Waals surface area (Å²) in [4.78, 5) is 22.1. The number of hydrazone groups is 1. The molecule has 0 unspecified atom stereocenters. The predicted octanol–water partition coefficient (Wildman–Crippen LogP) is 3.55. The van der Waals surface area contributed by atoms with Crippen molar-refractivity contribution < 1.29 is 18.9 Å². The number of benzene rings is 1. The van der Waals surface area contributed by atoms with Gasteiger partial charge in [-0.15, -0.1) is 0 Å². The molecule has 1 N–H and O–H groups in total. The van der Waals surface area contributed by atoms with Crippen LogP contribution in [0.1, 0.15) is 11.3 Å². The predicted molar refractivity (Wildman–Crippen MR) is 93.2 cm³/mol. The van der Waals surface area contributed by atoms with Crippen molar-refractivity contribution in [2.75, 3.05) is 6.61 Å². The third kappa shape index (κ3) is 4.90. The molecule has 1 aromatic heterocycles. The third-order valence-corrected chi connectivity index (χ3v) is 4.43. The van der Waals surface area contributed by atoms with Crippen LogP contribution in [0.3, 0.4) is 0 Å². The van der Waals surface area contributed by atoms with Gasteiger partial charge in [0.15, 0.2) is 17.0 Å². The van der Waals surface area contributed by atoms with Gasteiger partial charge < -0.3 is 9.15 Å². The fourth-order valence-corrected chi connectivity index (χ4v) is 2.27. The number of nitrogens with zero attached hydrogens (tertiary/aromatic N) is 2. The zero-order chi connectivity index (χ0) is 17.7. The van der Waals surface area contributed by atoms with Crippen LogP contribution in [0.5, 0.6) is 5.75 Å². The highest BCUT2D eigenvalue weighted by atomic mass is 79.9. The maximum atomic E-state index is 11.7. The van der Waals surface area contributed by atoms with E-state index in [-0.39, 0.29) is 11.4 Å². The van der Waals surface area contributed by atoms with Crippen LogP contribution in [0, 0.1) is 17.0 Å². The summed E-state index contributed by atoms with van der Waals surface area (Å²) in [5, 5.41) is 14.7. The first-order valence-electron chi connectivity index (χ1n) is 6.51. The highest BCUT2D eigenvalue weighted by Crippen LogP contribution is 2.27. The Balaban J connectivity index is 1.90. The molecule has 8 nitrogen and oxygen atoms in total. The number of hydrogen-bond acceptors (Lipinski definition) is 6. The van der Waals surface area contributed by atoms with Crippen molar-refractivity contribution in [2.45, 2.75) is 6.92 Å². The summed E-state index contributed by atoms with van der Waals surface area (Å²) in [6, 6.07) is 6.14. The quantitative estimate of drug-likeness (QED) is 0.403. The lowest BCUT2D eigenvalue weighted by atomic mass is 10.2. The van der Waals surface area contributed by atoms with Crippen molar-refractivity contribution in [1.29, 1.82) is 0 Å². The second-order valence-electron chi connectivity index (χ2n) is 4.58.